The molecule has 1 saturated heterocycles. The fourth-order valence-corrected chi connectivity index (χ4v) is 2.04. The predicted octanol–water partition coefficient (Wildman–Crippen LogP) is 1.64. The molecule has 80 valence electrons. The van der Waals surface area contributed by atoms with Crippen LogP contribution in [0.25, 0.3) is 0 Å². The van der Waals surface area contributed by atoms with E-state index < -0.39 is 6.10 Å². The molecule has 1 unspecified atom stereocenters. The van der Waals surface area contributed by atoms with Crippen molar-refractivity contribution in [3.63, 3.8) is 0 Å². The molecule has 0 aromatic heterocycles. The quantitative estimate of drug-likeness (QED) is 0.692. The number of hydrogen-bond donors (Lipinski definition) is 1. The van der Waals surface area contributed by atoms with Crippen LogP contribution in [0.15, 0.2) is 0 Å². The van der Waals surface area contributed by atoms with Crippen LogP contribution in [-0.2, 0) is 0 Å². The number of aliphatic hydroxyl groups excluding tert-OH is 1. The van der Waals surface area contributed by atoms with Gasteiger partial charge in [-0.2, -0.15) is 0 Å². The highest BCUT2D eigenvalue weighted by Gasteiger charge is 2.34. The first-order valence-electron chi connectivity index (χ1n) is 5.45. The minimum absolute atomic E-state index is 0.174. The first kappa shape index (κ1) is 11.6. The second-order valence-corrected chi connectivity index (χ2v) is 4.63. The SMILES string of the molecule is C#CCC(O)C(C)(C)N1CCCCC1. The van der Waals surface area contributed by atoms with Crippen molar-refractivity contribution in [2.75, 3.05) is 13.1 Å². The Hall–Kier alpha value is -0.520. The molecule has 1 aliphatic rings. The Morgan fingerprint density at radius 2 is 1.93 bits per heavy atom. The van der Waals surface area contributed by atoms with Gasteiger partial charge < -0.3 is 5.11 Å². The molecule has 2 heteroatoms. The van der Waals surface area contributed by atoms with Gasteiger partial charge in [0.15, 0.2) is 0 Å². The van der Waals surface area contributed by atoms with E-state index in [2.05, 4.69) is 24.7 Å². The van der Waals surface area contributed by atoms with Crippen molar-refractivity contribution in [3.8, 4) is 12.3 Å². The summed E-state index contributed by atoms with van der Waals surface area (Å²) in [5.41, 5.74) is -0.174. The van der Waals surface area contributed by atoms with Gasteiger partial charge in [0.25, 0.3) is 0 Å². The Morgan fingerprint density at radius 3 is 2.43 bits per heavy atom. The van der Waals surface area contributed by atoms with Crippen LogP contribution in [0, 0.1) is 12.3 Å². The Kier molecular flexibility index (Phi) is 3.97. The minimum Gasteiger partial charge on any atom is -0.390 e. The van der Waals surface area contributed by atoms with E-state index in [1.54, 1.807) is 0 Å². The highest BCUT2D eigenvalue weighted by atomic mass is 16.3. The molecule has 0 radical (unpaired) electrons. The number of hydrogen-bond acceptors (Lipinski definition) is 2. The molecular weight excluding hydrogens is 174 g/mol. The summed E-state index contributed by atoms with van der Waals surface area (Å²) < 4.78 is 0. The van der Waals surface area contributed by atoms with Gasteiger partial charge in [0.05, 0.1) is 6.10 Å². The third-order valence-electron chi connectivity index (χ3n) is 3.30. The second kappa shape index (κ2) is 4.82. The highest BCUT2D eigenvalue weighted by Crippen LogP contribution is 2.24. The third kappa shape index (κ3) is 2.50. The molecule has 0 amide bonds. The van der Waals surface area contributed by atoms with Gasteiger partial charge in [0.2, 0.25) is 0 Å². The summed E-state index contributed by atoms with van der Waals surface area (Å²) in [6.07, 6.45) is 9.07. The zero-order valence-corrected chi connectivity index (χ0v) is 9.29. The maximum atomic E-state index is 9.95. The maximum absolute atomic E-state index is 9.95. The van der Waals surface area contributed by atoms with E-state index in [9.17, 15) is 5.11 Å². The molecule has 0 saturated carbocycles. The van der Waals surface area contributed by atoms with Gasteiger partial charge in [-0.05, 0) is 39.8 Å². The summed E-state index contributed by atoms with van der Waals surface area (Å²) in [6.45, 7) is 6.35. The first-order valence-corrected chi connectivity index (χ1v) is 5.45. The summed E-state index contributed by atoms with van der Waals surface area (Å²) in [7, 11) is 0. The molecule has 14 heavy (non-hydrogen) atoms. The lowest BCUT2D eigenvalue weighted by molar-refractivity contribution is -0.0163. The predicted molar refractivity (Wildman–Crippen MR) is 59.0 cm³/mol. The Labute approximate surface area is 87.3 Å². The van der Waals surface area contributed by atoms with Crippen molar-refractivity contribution < 1.29 is 5.11 Å². The molecule has 0 bridgehead atoms. The lowest BCUT2D eigenvalue weighted by Crippen LogP contribution is -2.54. The summed E-state index contributed by atoms with van der Waals surface area (Å²) in [6, 6.07) is 0. The fourth-order valence-electron chi connectivity index (χ4n) is 2.04. The Balaban J connectivity index is 2.57. The maximum Gasteiger partial charge on any atom is 0.0827 e. The zero-order chi connectivity index (χ0) is 10.6. The molecule has 1 atom stereocenters. The van der Waals surface area contributed by atoms with Gasteiger partial charge >= 0.3 is 0 Å². The largest absolute Gasteiger partial charge is 0.390 e. The van der Waals surface area contributed by atoms with Crippen LogP contribution in [0.2, 0.25) is 0 Å². The first-order chi connectivity index (χ1) is 6.59. The zero-order valence-electron chi connectivity index (χ0n) is 9.29. The molecule has 0 aliphatic carbocycles. The molecule has 1 rings (SSSR count). The van der Waals surface area contributed by atoms with Crippen LogP contribution in [0.1, 0.15) is 39.5 Å². The van der Waals surface area contributed by atoms with E-state index in [4.69, 9.17) is 6.42 Å². The standard InChI is InChI=1S/C12H21NO/c1-4-8-11(14)12(2,3)13-9-6-5-7-10-13/h1,11,14H,5-10H2,2-3H3. The number of rotatable bonds is 3. The average Bonchev–Trinajstić information content (AvgIpc) is 2.19. The van der Waals surface area contributed by atoms with Crippen LogP contribution >= 0.6 is 0 Å². The van der Waals surface area contributed by atoms with E-state index in [1.165, 1.54) is 19.3 Å². The Morgan fingerprint density at radius 1 is 1.36 bits per heavy atom. The molecule has 1 fully saturated rings. The number of aliphatic hydroxyl groups is 1. The molecule has 0 aromatic rings. The lowest BCUT2D eigenvalue weighted by atomic mass is 9.90. The van der Waals surface area contributed by atoms with Crippen molar-refractivity contribution in [1.82, 2.24) is 4.90 Å². The van der Waals surface area contributed by atoms with Crippen LogP contribution in [0.4, 0.5) is 0 Å². The van der Waals surface area contributed by atoms with Gasteiger partial charge in [-0.3, -0.25) is 4.90 Å². The second-order valence-electron chi connectivity index (χ2n) is 4.63. The lowest BCUT2D eigenvalue weighted by Gasteiger charge is -2.43. The minimum atomic E-state index is -0.411. The number of likely N-dealkylation sites (tertiary alicyclic amines) is 1. The molecule has 1 aliphatic heterocycles. The summed E-state index contributed by atoms with van der Waals surface area (Å²) >= 11 is 0. The van der Waals surface area contributed by atoms with Crippen molar-refractivity contribution in [1.29, 1.82) is 0 Å². The molecule has 0 aromatic carbocycles. The number of nitrogens with zero attached hydrogens (tertiary/aromatic N) is 1. The summed E-state index contributed by atoms with van der Waals surface area (Å²) in [5, 5.41) is 9.95. The average molecular weight is 195 g/mol. The van der Waals surface area contributed by atoms with Crippen LogP contribution in [0.3, 0.4) is 0 Å². The summed E-state index contributed by atoms with van der Waals surface area (Å²) in [5.74, 6) is 2.54. The molecule has 2 nitrogen and oxygen atoms in total. The van der Waals surface area contributed by atoms with E-state index in [0.717, 1.165) is 13.1 Å². The van der Waals surface area contributed by atoms with E-state index in [-0.39, 0.29) is 5.54 Å². The Bertz CT molecular complexity index is 211. The van der Waals surface area contributed by atoms with Crippen LogP contribution in [0.5, 0.6) is 0 Å². The number of piperidine rings is 1. The van der Waals surface area contributed by atoms with Gasteiger partial charge in [-0.25, -0.2) is 0 Å². The normalized spacial score (nSPS) is 21.6. The van der Waals surface area contributed by atoms with E-state index in [0.29, 0.717) is 6.42 Å². The van der Waals surface area contributed by atoms with Crippen LogP contribution in [-0.4, -0.2) is 34.7 Å². The summed E-state index contributed by atoms with van der Waals surface area (Å²) in [4.78, 5) is 2.36. The van der Waals surface area contributed by atoms with Gasteiger partial charge in [0, 0.05) is 12.0 Å². The monoisotopic (exact) mass is 195 g/mol. The number of terminal acetylenes is 1. The molecule has 0 spiro atoms. The van der Waals surface area contributed by atoms with Crippen molar-refractivity contribution in [3.05, 3.63) is 0 Å². The topological polar surface area (TPSA) is 23.5 Å². The van der Waals surface area contributed by atoms with E-state index >= 15 is 0 Å². The van der Waals surface area contributed by atoms with E-state index in [1.807, 2.05) is 0 Å². The third-order valence-corrected chi connectivity index (χ3v) is 3.30. The van der Waals surface area contributed by atoms with Crippen molar-refractivity contribution in [2.24, 2.45) is 0 Å². The van der Waals surface area contributed by atoms with Crippen molar-refractivity contribution in [2.45, 2.75) is 51.2 Å². The van der Waals surface area contributed by atoms with Crippen molar-refractivity contribution >= 4 is 0 Å². The highest BCUT2D eigenvalue weighted by molar-refractivity contribution is 4.97. The smallest absolute Gasteiger partial charge is 0.0827 e. The molecular formula is C12H21NO. The fraction of sp³-hybridized carbons (Fsp3) is 0.833. The molecule has 1 N–H and O–H groups in total. The van der Waals surface area contributed by atoms with Gasteiger partial charge in [-0.15, -0.1) is 12.3 Å². The van der Waals surface area contributed by atoms with Gasteiger partial charge in [-0.1, -0.05) is 6.42 Å². The van der Waals surface area contributed by atoms with Gasteiger partial charge in [0.1, 0.15) is 0 Å². The van der Waals surface area contributed by atoms with Crippen LogP contribution < -0.4 is 0 Å². The molecule has 1 heterocycles.